The summed E-state index contributed by atoms with van der Waals surface area (Å²) < 4.78 is 13.1. The number of allylic oxidation sites excluding steroid dienone is 5. The lowest BCUT2D eigenvalue weighted by atomic mass is 9.75. The summed E-state index contributed by atoms with van der Waals surface area (Å²) in [6.07, 6.45) is 11.1. The molecular formula is C34H57NO3Si2. The van der Waals surface area contributed by atoms with Crippen molar-refractivity contribution in [2.45, 2.75) is 104 Å². The molecule has 6 heteroatoms. The fourth-order valence-electron chi connectivity index (χ4n) is 4.43. The summed E-state index contributed by atoms with van der Waals surface area (Å²) in [5.74, 6) is 0. The zero-order chi connectivity index (χ0) is 30.4. The molecule has 1 aliphatic carbocycles. The van der Waals surface area contributed by atoms with Gasteiger partial charge >= 0.3 is 0 Å². The van der Waals surface area contributed by atoms with Crippen molar-refractivity contribution >= 4 is 34.7 Å². The molecule has 40 heavy (non-hydrogen) atoms. The van der Waals surface area contributed by atoms with E-state index in [4.69, 9.17) is 8.85 Å². The summed E-state index contributed by atoms with van der Waals surface area (Å²) in [5.41, 5.74) is 4.90. The molecule has 0 fully saturated rings. The average molecular weight is 584 g/mol. The third kappa shape index (κ3) is 10.3. The Labute approximate surface area is 248 Å². The van der Waals surface area contributed by atoms with E-state index in [2.05, 4.69) is 129 Å². The zero-order valence-electron chi connectivity index (χ0n) is 27.6. The molecule has 0 saturated carbocycles. The SMILES string of the molecule is CC1(C)CC(/C=C/c2ccc(N(CCO[Si](C)(C)C(C)(C)C)CCO[Si](C)(C)C(C)(C)C)cc2)=CC(=C/C=O)/C1. The van der Waals surface area contributed by atoms with Crippen LogP contribution in [0.15, 0.2) is 53.6 Å². The van der Waals surface area contributed by atoms with Crippen LogP contribution in [0, 0.1) is 5.41 Å². The summed E-state index contributed by atoms with van der Waals surface area (Å²) >= 11 is 0. The quantitative estimate of drug-likeness (QED) is 0.140. The van der Waals surface area contributed by atoms with Crippen LogP contribution in [0.2, 0.25) is 36.3 Å². The van der Waals surface area contributed by atoms with E-state index in [1.54, 1.807) is 6.08 Å². The topological polar surface area (TPSA) is 38.8 Å². The van der Waals surface area contributed by atoms with Gasteiger partial charge in [0.05, 0.1) is 13.2 Å². The second-order valence-corrected chi connectivity index (χ2v) is 24.9. The predicted molar refractivity (Wildman–Crippen MR) is 179 cm³/mol. The van der Waals surface area contributed by atoms with Crippen LogP contribution in [-0.4, -0.2) is 49.2 Å². The molecule has 0 unspecified atom stereocenters. The molecule has 0 aliphatic heterocycles. The van der Waals surface area contributed by atoms with Gasteiger partial charge in [-0.05, 0) is 89.4 Å². The number of rotatable bonds is 12. The summed E-state index contributed by atoms with van der Waals surface area (Å²) in [4.78, 5) is 13.4. The van der Waals surface area contributed by atoms with Crippen LogP contribution in [0.25, 0.3) is 6.08 Å². The smallest absolute Gasteiger partial charge is 0.192 e. The van der Waals surface area contributed by atoms with Crippen molar-refractivity contribution < 1.29 is 13.6 Å². The van der Waals surface area contributed by atoms with Gasteiger partial charge in [0.2, 0.25) is 0 Å². The molecule has 0 bridgehead atoms. The first-order chi connectivity index (χ1) is 18.3. The van der Waals surface area contributed by atoms with Crippen molar-refractivity contribution in [3.05, 3.63) is 59.2 Å². The van der Waals surface area contributed by atoms with Gasteiger partial charge in [-0.25, -0.2) is 0 Å². The van der Waals surface area contributed by atoms with Crippen molar-refractivity contribution in [2.24, 2.45) is 5.41 Å². The summed E-state index contributed by atoms with van der Waals surface area (Å²) in [6.45, 7) is 30.7. The minimum atomic E-state index is -1.80. The highest BCUT2D eigenvalue weighted by atomic mass is 28.4. The number of nitrogens with zero attached hydrogens (tertiary/aromatic N) is 1. The van der Waals surface area contributed by atoms with Crippen LogP contribution in [0.1, 0.15) is 73.8 Å². The van der Waals surface area contributed by atoms with E-state index >= 15 is 0 Å². The Hall–Kier alpha value is -1.74. The maximum Gasteiger partial charge on any atom is 0.192 e. The second-order valence-electron chi connectivity index (χ2n) is 15.2. The van der Waals surface area contributed by atoms with Gasteiger partial charge < -0.3 is 13.8 Å². The molecule has 1 aliphatic rings. The Morgan fingerprint density at radius 2 is 1.32 bits per heavy atom. The maximum absolute atomic E-state index is 11.0. The van der Waals surface area contributed by atoms with Crippen molar-refractivity contribution in [3.63, 3.8) is 0 Å². The number of anilines is 1. The third-order valence-electron chi connectivity index (χ3n) is 9.03. The lowest BCUT2D eigenvalue weighted by Crippen LogP contribution is -2.44. The molecule has 0 amide bonds. The standard InChI is InChI=1S/C34H57NO3Si2/c1-32(2,3)39(9,10)37-23-20-35(21-24-38-40(11,12)33(4,5)6)31-17-15-28(16-18-31)13-14-29-25-30(19-22-36)27-34(7,8)26-29/h13-19,22,25H,20-21,23-24,26-27H2,1-12H3/b14-13+,30-19-. The third-order valence-corrected chi connectivity index (χ3v) is 18.1. The Kier molecular flexibility index (Phi) is 11.6. The van der Waals surface area contributed by atoms with Gasteiger partial charge in [0, 0.05) is 18.8 Å². The highest BCUT2D eigenvalue weighted by Gasteiger charge is 2.38. The van der Waals surface area contributed by atoms with Crippen LogP contribution >= 0.6 is 0 Å². The lowest BCUT2D eigenvalue weighted by Gasteiger charge is -2.38. The average Bonchev–Trinajstić information content (AvgIpc) is 2.80. The maximum atomic E-state index is 11.0. The van der Waals surface area contributed by atoms with Crippen molar-refractivity contribution in [1.82, 2.24) is 0 Å². The van der Waals surface area contributed by atoms with E-state index in [9.17, 15) is 4.79 Å². The van der Waals surface area contributed by atoms with E-state index < -0.39 is 16.6 Å². The Morgan fingerprint density at radius 1 is 0.825 bits per heavy atom. The fourth-order valence-corrected chi connectivity index (χ4v) is 6.50. The van der Waals surface area contributed by atoms with E-state index in [0.717, 1.165) is 51.0 Å². The predicted octanol–water partition coefficient (Wildman–Crippen LogP) is 9.42. The molecule has 0 radical (unpaired) electrons. The van der Waals surface area contributed by atoms with E-state index in [1.165, 1.54) is 16.8 Å². The number of hydrogen-bond acceptors (Lipinski definition) is 4. The largest absolute Gasteiger partial charge is 0.415 e. The number of hydrogen-bond donors (Lipinski definition) is 0. The second kappa shape index (κ2) is 13.5. The normalized spacial score (nSPS) is 17.8. The molecular weight excluding hydrogens is 527 g/mol. The van der Waals surface area contributed by atoms with E-state index in [0.29, 0.717) is 0 Å². The van der Waals surface area contributed by atoms with Crippen LogP contribution in [0.3, 0.4) is 0 Å². The van der Waals surface area contributed by atoms with Crippen LogP contribution in [-0.2, 0) is 13.6 Å². The summed E-state index contributed by atoms with van der Waals surface area (Å²) in [7, 11) is -3.61. The molecule has 0 heterocycles. The highest BCUT2D eigenvalue weighted by molar-refractivity contribution is 6.74. The van der Waals surface area contributed by atoms with Gasteiger partial charge in [-0.2, -0.15) is 0 Å². The minimum absolute atomic E-state index is 0.159. The van der Waals surface area contributed by atoms with Crippen molar-refractivity contribution in [3.8, 4) is 0 Å². The van der Waals surface area contributed by atoms with Gasteiger partial charge in [-0.3, -0.25) is 4.79 Å². The number of benzene rings is 1. The molecule has 1 aromatic carbocycles. The van der Waals surface area contributed by atoms with Gasteiger partial charge in [-0.15, -0.1) is 0 Å². The van der Waals surface area contributed by atoms with Gasteiger partial charge in [0.1, 0.15) is 6.29 Å². The molecule has 0 saturated heterocycles. The summed E-state index contributed by atoms with van der Waals surface area (Å²) in [6, 6.07) is 8.82. The molecule has 0 spiro atoms. The molecule has 224 valence electrons. The number of carbonyl (C=O) groups excluding carboxylic acids is 1. The number of carbonyl (C=O) groups is 1. The first-order valence-electron chi connectivity index (χ1n) is 14.9. The molecule has 0 atom stereocenters. The van der Waals surface area contributed by atoms with Crippen LogP contribution in [0.4, 0.5) is 5.69 Å². The Morgan fingerprint density at radius 3 is 1.77 bits per heavy atom. The molecule has 2 rings (SSSR count). The van der Waals surface area contributed by atoms with Crippen LogP contribution in [0.5, 0.6) is 0 Å². The Bertz CT molecular complexity index is 1040. The van der Waals surface area contributed by atoms with E-state index in [1.807, 2.05) is 0 Å². The van der Waals surface area contributed by atoms with Gasteiger partial charge in [0.15, 0.2) is 16.6 Å². The van der Waals surface area contributed by atoms with Crippen molar-refractivity contribution in [2.75, 3.05) is 31.2 Å². The van der Waals surface area contributed by atoms with Crippen molar-refractivity contribution in [1.29, 1.82) is 0 Å². The molecule has 0 N–H and O–H groups in total. The first-order valence-corrected chi connectivity index (χ1v) is 20.7. The van der Waals surface area contributed by atoms with E-state index in [-0.39, 0.29) is 15.5 Å². The molecule has 4 nitrogen and oxygen atoms in total. The monoisotopic (exact) mass is 583 g/mol. The molecule has 1 aromatic rings. The molecule has 0 aromatic heterocycles. The number of aldehydes is 1. The van der Waals surface area contributed by atoms with Gasteiger partial charge in [-0.1, -0.05) is 85.8 Å². The minimum Gasteiger partial charge on any atom is -0.415 e. The lowest BCUT2D eigenvalue weighted by molar-refractivity contribution is -0.104. The first kappa shape index (κ1) is 34.5. The zero-order valence-corrected chi connectivity index (χ0v) is 29.6. The fraction of sp³-hybridized carbons (Fsp3) is 0.618. The highest BCUT2D eigenvalue weighted by Crippen LogP contribution is 2.39. The summed E-state index contributed by atoms with van der Waals surface area (Å²) in [5, 5.41) is 0.397. The van der Waals surface area contributed by atoms with Gasteiger partial charge in [0.25, 0.3) is 0 Å². The van der Waals surface area contributed by atoms with Crippen LogP contribution < -0.4 is 4.90 Å². The Balaban J connectivity index is 2.17.